The Labute approximate surface area is 356 Å². The number of hydrogen-bond donors (Lipinski definition) is 0. The van der Waals surface area contributed by atoms with Crippen molar-refractivity contribution in [3.8, 4) is 45.5 Å². The smallest absolute Gasteiger partial charge is 0.238 e. The molecule has 0 aliphatic rings. The summed E-state index contributed by atoms with van der Waals surface area (Å²) < 4.78 is 195. The van der Waals surface area contributed by atoms with Crippen LogP contribution in [0.1, 0.15) is 28.8 Å². The molecule has 0 atom stereocenters. The molecule has 266 valence electrons. The van der Waals surface area contributed by atoms with Crippen LogP contribution in [0, 0.1) is 0 Å². The Morgan fingerprint density at radius 1 is 0.439 bits per heavy atom. The Morgan fingerprint density at radius 3 is 1.63 bits per heavy atom. The number of fused-ring (bicyclic) bond motifs is 10. The van der Waals surface area contributed by atoms with Crippen LogP contribution in [0.15, 0.2) is 192 Å². The van der Waals surface area contributed by atoms with Crippen molar-refractivity contribution in [2.24, 2.45) is 0 Å². The molecule has 0 spiro atoms. The molecule has 0 N–H and O–H groups in total. The molecule has 6 heteroatoms. The fraction of sp³-hybridized carbons (Fsp3) is 0. The van der Waals surface area contributed by atoms with Crippen LogP contribution in [0.2, 0.25) is 0 Å². The van der Waals surface area contributed by atoms with Crippen molar-refractivity contribution in [2.45, 2.75) is 0 Å². The van der Waals surface area contributed by atoms with Crippen LogP contribution >= 0.6 is 0 Å². The molecule has 0 unspecified atom stereocenters. The van der Waals surface area contributed by atoms with E-state index in [1.54, 1.807) is 60.7 Å². The zero-order valence-electron chi connectivity index (χ0n) is 49.9. The topological polar surface area (TPSA) is 61.7 Å². The summed E-state index contributed by atoms with van der Waals surface area (Å²) in [5, 5.41) is 1.53. The third-order valence-corrected chi connectivity index (χ3v) is 9.76. The number of furan rings is 1. The van der Waals surface area contributed by atoms with E-state index in [2.05, 4.69) is 4.98 Å². The van der Waals surface area contributed by atoms with Gasteiger partial charge in [0.1, 0.15) is 11.2 Å². The van der Waals surface area contributed by atoms with Gasteiger partial charge in [0.2, 0.25) is 5.95 Å². The van der Waals surface area contributed by atoms with E-state index in [9.17, 15) is 5.48 Å². The lowest BCUT2D eigenvalue weighted by Crippen LogP contribution is -2.07. The lowest BCUT2D eigenvalue weighted by atomic mass is 10.0. The highest BCUT2D eigenvalue weighted by Gasteiger charge is 2.24. The molecule has 4 aromatic heterocycles. The maximum Gasteiger partial charge on any atom is 0.238 e. The minimum atomic E-state index is -0.753. The van der Waals surface area contributed by atoms with E-state index in [-0.39, 0.29) is 33.4 Å². The van der Waals surface area contributed by atoms with E-state index in [0.29, 0.717) is 32.6 Å². The molecule has 0 saturated carbocycles. The summed E-state index contributed by atoms with van der Waals surface area (Å²) >= 11 is 0. The Balaban J connectivity index is 1.26. The molecule has 0 saturated heterocycles. The molecule has 6 nitrogen and oxygen atoms in total. The van der Waals surface area contributed by atoms with Crippen LogP contribution in [0.25, 0.3) is 111 Å². The molecular weight excluding hydrogens is 699 g/mol. The van der Waals surface area contributed by atoms with Gasteiger partial charge in [0.25, 0.3) is 0 Å². The van der Waals surface area contributed by atoms with Gasteiger partial charge in [-0.1, -0.05) is 157 Å². The first-order valence-electron chi connectivity index (χ1n) is 27.9. The summed E-state index contributed by atoms with van der Waals surface area (Å²) in [6.07, 6.45) is 0. The molecular formula is C51H31N5O. The quantitative estimate of drug-likeness (QED) is 0.176. The van der Waals surface area contributed by atoms with E-state index in [4.69, 9.17) is 37.7 Å². The van der Waals surface area contributed by atoms with Crippen LogP contribution in [0.5, 0.6) is 0 Å². The predicted octanol–water partition coefficient (Wildman–Crippen LogP) is 13.0. The van der Waals surface area contributed by atoms with Crippen molar-refractivity contribution < 1.29 is 33.2 Å². The summed E-state index contributed by atoms with van der Waals surface area (Å²) in [4.78, 5) is 14.0. The second-order valence-corrected chi connectivity index (χ2v) is 12.8. The van der Waals surface area contributed by atoms with Crippen molar-refractivity contribution in [2.75, 3.05) is 0 Å². The minimum absolute atomic E-state index is 0.244. The van der Waals surface area contributed by atoms with Crippen molar-refractivity contribution in [1.29, 1.82) is 0 Å². The Bertz CT molecular complexity index is 4600. The highest BCUT2D eigenvalue weighted by Crippen LogP contribution is 2.43. The van der Waals surface area contributed by atoms with Gasteiger partial charge in [-0.2, -0.15) is 9.97 Å². The van der Waals surface area contributed by atoms with Gasteiger partial charge < -0.3 is 8.98 Å². The Hall–Kier alpha value is -7.83. The Kier molecular flexibility index (Phi) is 3.75. The molecule has 8 aromatic carbocycles. The standard InChI is InChI=1S/C51H31N5O/c1-4-15-32(16-5-1)36-23-14-24-41-42-31-35(27-30-45(42)57-48(36)41)55-43-25-12-10-21-37(43)39-28-29-40-38-22-11-13-26-44(38)56(47(40)46(39)55)51-53-49(33-17-6-2-7-18-33)52-50(54-51)34-19-8-3-9-20-34/h1-31H/i1D,2D,3D,4D,5D,6D,7D,8D,9D,14D,15D,16D,17D,18D,19D,20D,23D,24D,27D,30D,31D. The highest BCUT2D eigenvalue weighted by molar-refractivity contribution is 6.24. The Morgan fingerprint density at radius 2 is 1.00 bits per heavy atom. The van der Waals surface area contributed by atoms with E-state index in [1.807, 2.05) is 0 Å². The molecule has 12 aromatic rings. The number of hydrogen-bond acceptors (Lipinski definition) is 4. The van der Waals surface area contributed by atoms with E-state index >= 15 is 0 Å². The van der Waals surface area contributed by atoms with Crippen molar-refractivity contribution in [3.05, 3.63) is 188 Å². The highest BCUT2D eigenvalue weighted by atomic mass is 16.3. The van der Waals surface area contributed by atoms with Crippen molar-refractivity contribution in [3.63, 3.8) is 0 Å². The predicted molar refractivity (Wildman–Crippen MR) is 232 cm³/mol. The summed E-state index contributed by atoms with van der Waals surface area (Å²) in [7, 11) is 0. The molecule has 0 aliphatic heterocycles. The molecule has 4 heterocycles. The van der Waals surface area contributed by atoms with Crippen LogP contribution in [0.3, 0.4) is 0 Å². The van der Waals surface area contributed by atoms with Crippen LogP contribution < -0.4 is 0 Å². The summed E-state index contributed by atoms with van der Waals surface area (Å²) in [6, 6.07) is 2.61. The second-order valence-electron chi connectivity index (χ2n) is 12.8. The lowest BCUT2D eigenvalue weighted by molar-refractivity contribution is 0.670. The molecule has 12 rings (SSSR count). The SMILES string of the molecule is [2H]c1c([2H])c([2H])c(-c2nc(-c3c([2H])c([2H])c([2H])c([2H])c3[2H])nc(-n3c4ccccc4c4ccc5c6ccccc6n(-c6c([2H])c([2H])c7oc8c(-c9c([2H])c([2H])c([2H])c([2H])c9[2H])c([2H])c([2H])c([2H])c8c7c6[2H])c5c43)n2)c([2H])c1[2H]. The van der Waals surface area contributed by atoms with Crippen LogP contribution in [-0.2, 0) is 0 Å². The number of nitrogens with zero attached hydrogens (tertiary/aromatic N) is 5. The fourth-order valence-corrected chi connectivity index (χ4v) is 7.43. The van der Waals surface area contributed by atoms with Gasteiger partial charge in [0.05, 0.1) is 50.9 Å². The molecule has 0 radical (unpaired) electrons. The number of aromatic nitrogens is 5. The van der Waals surface area contributed by atoms with Gasteiger partial charge in [-0.3, -0.25) is 4.57 Å². The summed E-state index contributed by atoms with van der Waals surface area (Å²) in [5.74, 6) is -1.41. The van der Waals surface area contributed by atoms with Gasteiger partial charge in [-0.15, -0.1) is 0 Å². The molecule has 0 aliphatic carbocycles. The molecule has 0 bridgehead atoms. The van der Waals surface area contributed by atoms with Crippen molar-refractivity contribution in [1.82, 2.24) is 24.1 Å². The van der Waals surface area contributed by atoms with E-state index in [1.165, 1.54) is 9.13 Å². The zero-order chi connectivity index (χ0) is 55.7. The molecule has 0 amide bonds. The summed E-state index contributed by atoms with van der Waals surface area (Å²) in [6.45, 7) is 0. The van der Waals surface area contributed by atoms with E-state index in [0.717, 1.165) is 0 Å². The summed E-state index contributed by atoms with van der Waals surface area (Å²) in [5.41, 5.74) is -1.86. The van der Waals surface area contributed by atoms with Crippen molar-refractivity contribution >= 4 is 65.6 Å². The van der Waals surface area contributed by atoms with Gasteiger partial charge in [-0.05, 0) is 35.8 Å². The van der Waals surface area contributed by atoms with E-state index < -0.39 is 172 Å². The first-order chi connectivity index (χ1) is 37.0. The number of para-hydroxylation sites is 3. The third kappa shape index (κ3) is 4.81. The number of benzene rings is 8. The fourth-order valence-electron chi connectivity index (χ4n) is 7.43. The normalized spacial score (nSPS) is 17.0. The average Bonchev–Trinajstić information content (AvgIpc) is 3.30. The second kappa shape index (κ2) is 12.3. The minimum Gasteiger partial charge on any atom is -0.455 e. The van der Waals surface area contributed by atoms with Crippen LogP contribution in [0.4, 0.5) is 0 Å². The van der Waals surface area contributed by atoms with Gasteiger partial charge >= 0.3 is 0 Å². The maximum atomic E-state index is 10.1. The molecule has 57 heavy (non-hydrogen) atoms. The van der Waals surface area contributed by atoms with Gasteiger partial charge in [-0.25, -0.2) is 4.98 Å². The van der Waals surface area contributed by atoms with Gasteiger partial charge in [0, 0.05) is 54.7 Å². The monoisotopic (exact) mass is 750 g/mol. The number of rotatable bonds is 5. The van der Waals surface area contributed by atoms with Gasteiger partial charge in [0.15, 0.2) is 11.6 Å². The average molecular weight is 751 g/mol. The molecule has 0 fully saturated rings. The third-order valence-electron chi connectivity index (χ3n) is 9.76. The zero-order valence-corrected chi connectivity index (χ0v) is 28.9. The van der Waals surface area contributed by atoms with Crippen LogP contribution in [-0.4, -0.2) is 24.1 Å². The maximum absolute atomic E-state index is 10.1. The lowest BCUT2D eigenvalue weighted by Gasteiger charge is -2.13. The largest absolute Gasteiger partial charge is 0.455 e. The first kappa shape index (κ1) is 17.3. The first-order valence-corrected chi connectivity index (χ1v) is 17.4.